The summed E-state index contributed by atoms with van der Waals surface area (Å²) in [6.45, 7) is 0.601. The van der Waals surface area contributed by atoms with E-state index in [0.29, 0.717) is 23.8 Å². The molecule has 1 heterocycles. The minimum Gasteiger partial charge on any atom is -0.454 e. The van der Waals surface area contributed by atoms with Gasteiger partial charge in [0, 0.05) is 27.7 Å². The third-order valence-corrected chi connectivity index (χ3v) is 4.54. The molecule has 1 aromatic carbocycles. The average molecular weight is 340 g/mol. The van der Waals surface area contributed by atoms with Crippen molar-refractivity contribution in [2.75, 3.05) is 32.0 Å². The SMILES string of the molecule is COCCN(C)S(=O)(=O)Nc1ccc(Oc2cnn(C)c2)cc1. The molecule has 0 atom stereocenters. The Morgan fingerprint density at radius 2 is 1.96 bits per heavy atom. The number of hydrogen-bond acceptors (Lipinski definition) is 5. The molecule has 0 aliphatic heterocycles. The molecule has 1 aromatic heterocycles. The highest BCUT2D eigenvalue weighted by Gasteiger charge is 2.17. The lowest BCUT2D eigenvalue weighted by Gasteiger charge is -2.17. The van der Waals surface area contributed by atoms with Gasteiger partial charge >= 0.3 is 10.2 Å². The molecule has 0 saturated carbocycles. The molecular weight excluding hydrogens is 320 g/mol. The lowest BCUT2D eigenvalue weighted by Crippen LogP contribution is -2.34. The molecule has 0 aliphatic rings. The van der Waals surface area contributed by atoms with Crippen LogP contribution in [0.4, 0.5) is 5.69 Å². The number of ether oxygens (including phenoxy) is 2. The average Bonchev–Trinajstić information content (AvgIpc) is 2.91. The van der Waals surface area contributed by atoms with Gasteiger partial charge in [0.25, 0.3) is 0 Å². The van der Waals surface area contributed by atoms with Crippen LogP contribution in [0.5, 0.6) is 11.5 Å². The number of benzene rings is 1. The molecule has 8 nitrogen and oxygen atoms in total. The molecule has 1 N–H and O–H groups in total. The van der Waals surface area contributed by atoms with Crippen molar-refractivity contribution in [1.82, 2.24) is 14.1 Å². The predicted molar refractivity (Wildman–Crippen MR) is 86.8 cm³/mol. The summed E-state index contributed by atoms with van der Waals surface area (Å²) in [5.74, 6) is 1.20. The molecular formula is C14H20N4O4S. The van der Waals surface area contributed by atoms with Crippen LogP contribution < -0.4 is 9.46 Å². The van der Waals surface area contributed by atoms with Crippen LogP contribution in [0.1, 0.15) is 0 Å². The zero-order valence-corrected chi connectivity index (χ0v) is 14.1. The number of nitrogens with one attached hydrogen (secondary N) is 1. The molecule has 2 rings (SSSR count). The first-order valence-electron chi connectivity index (χ1n) is 6.90. The number of hydrogen-bond donors (Lipinski definition) is 1. The van der Waals surface area contributed by atoms with Gasteiger partial charge in [0.05, 0.1) is 24.7 Å². The maximum absolute atomic E-state index is 12.1. The quantitative estimate of drug-likeness (QED) is 0.786. The summed E-state index contributed by atoms with van der Waals surface area (Å²) >= 11 is 0. The number of methoxy groups -OCH3 is 1. The van der Waals surface area contributed by atoms with Gasteiger partial charge in [-0.2, -0.15) is 17.8 Å². The van der Waals surface area contributed by atoms with Crippen molar-refractivity contribution in [3.8, 4) is 11.5 Å². The normalized spacial score (nSPS) is 11.7. The first kappa shape index (κ1) is 17.3. The molecule has 0 fully saturated rings. The van der Waals surface area contributed by atoms with Gasteiger partial charge in [0.15, 0.2) is 5.75 Å². The van der Waals surface area contributed by atoms with Gasteiger partial charge in [-0.15, -0.1) is 0 Å². The lowest BCUT2D eigenvalue weighted by molar-refractivity contribution is 0.185. The Morgan fingerprint density at radius 1 is 1.26 bits per heavy atom. The van der Waals surface area contributed by atoms with Crippen molar-refractivity contribution in [3.05, 3.63) is 36.7 Å². The number of nitrogens with zero attached hydrogens (tertiary/aromatic N) is 3. The molecule has 0 radical (unpaired) electrons. The Kier molecular flexibility index (Phi) is 5.59. The Hall–Kier alpha value is -2.10. The zero-order valence-electron chi connectivity index (χ0n) is 13.3. The van der Waals surface area contributed by atoms with Gasteiger partial charge in [-0.1, -0.05) is 0 Å². The summed E-state index contributed by atoms with van der Waals surface area (Å²) in [6, 6.07) is 6.63. The summed E-state index contributed by atoms with van der Waals surface area (Å²) in [5.41, 5.74) is 0.452. The highest BCUT2D eigenvalue weighted by Crippen LogP contribution is 2.22. The monoisotopic (exact) mass is 340 g/mol. The first-order chi connectivity index (χ1) is 10.9. The molecule has 0 saturated heterocycles. The summed E-state index contributed by atoms with van der Waals surface area (Å²) in [6.07, 6.45) is 3.34. The fourth-order valence-corrected chi connectivity index (χ4v) is 2.65. The van der Waals surface area contributed by atoms with Gasteiger partial charge < -0.3 is 9.47 Å². The summed E-state index contributed by atoms with van der Waals surface area (Å²) in [4.78, 5) is 0. The van der Waals surface area contributed by atoms with E-state index in [1.54, 1.807) is 48.4 Å². The minimum absolute atomic E-state index is 0.272. The van der Waals surface area contributed by atoms with Crippen LogP contribution in [-0.4, -0.2) is 49.8 Å². The van der Waals surface area contributed by atoms with Crippen molar-refractivity contribution in [3.63, 3.8) is 0 Å². The second kappa shape index (κ2) is 7.44. The van der Waals surface area contributed by atoms with Crippen molar-refractivity contribution in [1.29, 1.82) is 0 Å². The van der Waals surface area contributed by atoms with Crippen LogP contribution in [0.3, 0.4) is 0 Å². The van der Waals surface area contributed by atoms with E-state index in [1.807, 2.05) is 0 Å². The molecule has 9 heteroatoms. The fourth-order valence-electron chi connectivity index (χ4n) is 1.75. The maximum Gasteiger partial charge on any atom is 0.301 e. The van der Waals surface area contributed by atoms with Crippen molar-refractivity contribution in [2.24, 2.45) is 7.05 Å². The van der Waals surface area contributed by atoms with E-state index < -0.39 is 10.2 Å². The molecule has 0 bridgehead atoms. The number of aryl methyl sites for hydroxylation is 1. The van der Waals surface area contributed by atoms with E-state index in [9.17, 15) is 8.42 Å². The first-order valence-corrected chi connectivity index (χ1v) is 8.34. The van der Waals surface area contributed by atoms with Gasteiger partial charge in [0.1, 0.15) is 5.75 Å². The number of rotatable bonds is 8. The van der Waals surface area contributed by atoms with Crippen molar-refractivity contribution in [2.45, 2.75) is 0 Å². The van der Waals surface area contributed by atoms with E-state index in [-0.39, 0.29) is 6.54 Å². The summed E-state index contributed by atoms with van der Waals surface area (Å²) in [5, 5.41) is 4.01. The van der Waals surface area contributed by atoms with Crippen molar-refractivity contribution < 1.29 is 17.9 Å². The predicted octanol–water partition coefficient (Wildman–Crippen LogP) is 1.45. The van der Waals surface area contributed by atoms with Gasteiger partial charge in [0.2, 0.25) is 0 Å². The Morgan fingerprint density at radius 3 is 2.52 bits per heavy atom. The van der Waals surface area contributed by atoms with E-state index >= 15 is 0 Å². The Labute approximate surface area is 135 Å². The van der Waals surface area contributed by atoms with E-state index in [2.05, 4.69) is 9.82 Å². The number of likely N-dealkylation sites (N-methyl/N-ethyl adjacent to an activating group) is 1. The van der Waals surface area contributed by atoms with Crippen LogP contribution in [-0.2, 0) is 22.0 Å². The maximum atomic E-state index is 12.1. The highest BCUT2D eigenvalue weighted by molar-refractivity contribution is 7.90. The van der Waals surface area contributed by atoms with Crippen LogP contribution in [0.15, 0.2) is 36.7 Å². The van der Waals surface area contributed by atoms with E-state index in [4.69, 9.17) is 9.47 Å². The smallest absolute Gasteiger partial charge is 0.301 e. The molecule has 126 valence electrons. The fraction of sp³-hybridized carbons (Fsp3) is 0.357. The number of aromatic nitrogens is 2. The van der Waals surface area contributed by atoms with E-state index in [1.165, 1.54) is 18.5 Å². The van der Waals surface area contributed by atoms with Crippen LogP contribution in [0, 0.1) is 0 Å². The number of anilines is 1. The van der Waals surface area contributed by atoms with Crippen LogP contribution >= 0.6 is 0 Å². The summed E-state index contributed by atoms with van der Waals surface area (Å²) < 4.78 is 40.0. The molecule has 23 heavy (non-hydrogen) atoms. The van der Waals surface area contributed by atoms with Crippen LogP contribution in [0.2, 0.25) is 0 Å². The molecule has 2 aromatic rings. The Balaban J connectivity index is 1.99. The molecule has 0 amide bonds. The van der Waals surface area contributed by atoms with E-state index in [0.717, 1.165) is 0 Å². The molecule has 0 aliphatic carbocycles. The topological polar surface area (TPSA) is 85.7 Å². The van der Waals surface area contributed by atoms with Crippen molar-refractivity contribution >= 4 is 15.9 Å². The standard InChI is InChI=1S/C14H20N4O4S/c1-17-11-14(10-15-17)22-13-6-4-12(5-7-13)16-23(19,20)18(2)8-9-21-3/h4-7,10-11,16H,8-9H2,1-3H3. The van der Waals surface area contributed by atoms with Gasteiger partial charge in [-0.25, -0.2) is 0 Å². The van der Waals surface area contributed by atoms with Gasteiger partial charge in [-0.05, 0) is 24.3 Å². The second-order valence-electron chi connectivity index (χ2n) is 4.90. The third-order valence-electron chi connectivity index (χ3n) is 3.04. The van der Waals surface area contributed by atoms with Gasteiger partial charge in [-0.3, -0.25) is 9.40 Å². The minimum atomic E-state index is -3.60. The second-order valence-corrected chi connectivity index (χ2v) is 6.68. The molecule has 0 spiro atoms. The summed E-state index contributed by atoms with van der Waals surface area (Å²) in [7, 11) is 1.20. The highest BCUT2D eigenvalue weighted by atomic mass is 32.2. The largest absolute Gasteiger partial charge is 0.454 e. The molecule has 0 unspecified atom stereocenters. The zero-order chi connectivity index (χ0) is 16.9. The van der Waals surface area contributed by atoms with Crippen LogP contribution in [0.25, 0.3) is 0 Å². The third kappa shape index (κ3) is 4.95. The Bertz CT molecular complexity index is 727. The lowest BCUT2D eigenvalue weighted by atomic mass is 10.3.